The monoisotopic (exact) mass is 248 g/mol. The van der Waals surface area contributed by atoms with Crippen molar-refractivity contribution in [3.05, 3.63) is 24.0 Å². The van der Waals surface area contributed by atoms with Crippen LogP contribution in [0.25, 0.3) is 0 Å². The summed E-state index contributed by atoms with van der Waals surface area (Å²) in [5.41, 5.74) is 7.49. The summed E-state index contributed by atoms with van der Waals surface area (Å²) in [5.74, 6) is 1.67. The van der Waals surface area contributed by atoms with Gasteiger partial charge >= 0.3 is 0 Å². The predicted molar refractivity (Wildman–Crippen MR) is 73.5 cm³/mol. The molecule has 0 aliphatic heterocycles. The summed E-state index contributed by atoms with van der Waals surface area (Å²) in [4.78, 5) is 4.23. The van der Waals surface area contributed by atoms with Crippen LogP contribution in [0.2, 0.25) is 0 Å². The minimum absolute atomic E-state index is 0.203. The van der Waals surface area contributed by atoms with Crippen LogP contribution in [0.5, 0.6) is 5.75 Å². The molecule has 0 spiro atoms. The molecule has 1 saturated carbocycles. The Labute approximate surface area is 110 Å². The van der Waals surface area contributed by atoms with Crippen molar-refractivity contribution in [2.75, 3.05) is 7.11 Å². The smallest absolute Gasteiger partial charge is 0.137 e. The van der Waals surface area contributed by atoms with Crippen molar-refractivity contribution in [1.82, 2.24) is 4.98 Å². The van der Waals surface area contributed by atoms with Crippen LogP contribution in [-0.4, -0.2) is 12.1 Å². The van der Waals surface area contributed by atoms with E-state index in [4.69, 9.17) is 10.5 Å². The summed E-state index contributed by atoms with van der Waals surface area (Å²) >= 11 is 0. The van der Waals surface area contributed by atoms with Gasteiger partial charge in [0.25, 0.3) is 0 Å². The van der Waals surface area contributed by atoms with Gasteiger partial charge in [-0.1, -0.05) is 19.8 Å². The van der Waals surface area contributed by atoms with Crippen LogP contribution >= 0.6 is 0 Å². The molecule has 2 N–H and O–H groups in total. The Kier molecular flexibility index (Phi) is 4.23. The number of rotatable bonds is 4. The molecule has 100 valence electrons. The molecule has 18 heavy (non-hydrogen) atoms. The van der Waals surface area contributed by atoms with Crippen LogP contribution in [0.15, 0.2) is 18.5 Å². The number of nitrogens with two attached hydrogens (primary N) is 1. The molecule has 1 aromatic heterocycles. The van der Waals surface area contributed by atoms with Gasteiger partial charge in [0.2, 0.25) is 0 Å². The number of pyridine rings is 1. The molecule has 1 heterocycles. The SMILES string of the molecule is CCCC1CCC(N)(c2cncc(OC)c2)CC1. The molecule has 0 unspecified atom stereocenters. The molecule has 1 aliphatic carbocycles. The highest BCUT2D eigenvalue weighted by Crippen LogP contribution is 2.39. The third kappa shape index (κ3) is 2.83. The molecular formula is C15H24N2O. The van der Waals surface area contributed by atoms with Gasteiger partial charge in [-0.05, 0) is 43.2 Å². The van der Waals surface area contributed by atoms with Gasteiger partial charge in [-0.3, -0.25) is 4.98 Å². The van der Waals surface area contributed by atoms with E-state index in [1.807, 2.05) is 12.3 Å². The van der Waals surface area contributed by atoms with Crippen LogP contribution in [0, 0.1) is 5.92 Å². The van der Waals surface area contributed by atoms with E-state index in [1.165, 1.54) is 25.7 Å². The van der Waals surface area contributed by atoms with E-state index in [0.717, 1.165) is 30.1 Å². The predicted octanol–water partition coefficient (Wildman–Crippen LogP) is 3.23. The van der Waals surface area contributed by atoms with E-state index < -0.39 is 0 Å². The fourth-order valence-corrected chi connectivity index (χ4v) is 2.98. The molecule has 0 amide bonds. The third-order valence-electron chi connectivity index (χ3n) is 4.22. The van der Waals surface area contributed by atoms with Crippen molar-refractivity contribution < 1.29 is 4.74 Å². The normalized spacial score (nSPS) is 28.1. The minimum atomic E-state index is -0.203. The number of hydrogen-bond acceptors (Lipinski definition) is 3. The van der Waals surface area contributed by atoms with Crippen molar-refractivity contribution in [2.24, 2.45) is 11.7 Å². The zero-order valence-corrected chi connectivity index (χ0v) is 11.5. The molecule has 0 atom stereocenters. The Morgan fingerprint density at radius 1 is 1.39 bits per heavy atom. The summed E-state index contributed by atoms with van der Waals surface area (Å²) in [6.07, 6.45) is 10.8. The van der Waals surface area contributed by atoms with Crippen LogP contribution < -0.4 is 10.5 Å². The van der Waals surface area contributed by atoms with Gasteiger partial charge in [0, 0.05) is 11.7 Å². The molecule has 0 radical (unpaired) electrons. The van der Waals surface area contributed by atoms with Gasteiger partial charge in [0.05, 0.1) is 13.3 Å². The number of nitrogens with zero attached hydrogens (tertiary/aromatic N) is 1. The highest BCUT2D eigenvalue weighted by molar-refractivity contribution is 5.29. The van der Waals surface area contributed by atoms with Crippen molar-refractivity contribution in [3.63, 3.8) is 0 Å². The Balaban J connectivity index is 2.08. The van der Waals surface area contributed by atoms with Gasteiger partial charge in [0.15, 0.2) is 0 Å². The van der Waals surface area contributed by atoms with E-state index in [9.17, 15) is 0 Å². The summed E-state index contributed by atoms with van der Waals surface area (Å²) in [6, 6.07) is 2.03. The second-order valence-electron chi connectivity index (χ2n) is 5.50. The number of hydrogen-bond donors (Lipinski definition) is 1. The van der Waals surface area contributed by atoms with Crippen molar-refractivity contribution in [1.29, 1.82) is 0 Å². The molecule has 1 aromatic rings. The van der Waals surface area contributed by atoms with E-state index >= 15 is 0 Å². The average molecular weight is 248 g/mol. The van der Waals surface area contributed by atoms with Crippen LogP contribution in [0.1, 0.15) is 51.0 Å². The van der Waals surface area contributed by atoms with Crippen molar-refractivity contribution in [2.45, 2.75) is 51.0 Å². The molecule has 0 bridgehead atoms. The lowest BCUT2D eigenvalue weighted by molar-refractivity contribution is 0.225. The molecule has 3 heteroatoms. The largest absolute Gasteiger partial charge is 0.495 e. The minimum Gasteiger partial charge on any atom is -0.495 e. The van der Waals surface area contributed by atoms with Crippen LogP contribution in [-0.2, 0) is 5.54 Å². The Hall–Kier alpha value is -1.09. The van der Waals surface area contributed by atoms with E-state index in [2.05, 4.69) is 11.9 Å². The number of methoxy groups -OCH3 is 1. The maximum atomic E-state index is 6.57. The first kappa shape index (κ1) is 13.3. The maximum absolute atomic E-state index is 6.57. The van der Waals surface area contributed by atoms with Crippen LogP contribution in [0.3, 0.4) is 0 Å². The molecular weight excluding hydrogens is 224 g/mol. The summed E-state index contributed by atoms with van der Waals surface area (Å²) in [6.45, 7) is 2.26. The second kappa shape index (κ2) is 5.70. The summed E-state index contributed by atoms with van der Waals surface area (Å²) in [5, 5.41) is 0. The Morgan fingerprint density at radius 2 is 2.11 bits per heavy atom. The molecule has 1 fully saturated rings. The van der Waals surface area contributed by atoms with Crippen molar-refractivity contribution >= 4 is 0 Å². The zero-order chi connectivity index (χ0) is 13.0. The van der Waals surface area contributed by atoms with E-state index in [0.29, 0.717) is 0 Å². The first-order valence-electron chi connectivity index (χ1n) is 6.96. The second-order valence-corrected chi connectivity index (χ2v) is 5.50. The molecule has 1 aliphatic rings. The quantitative estimate of drug-likeness (QED) is 0.890. The van der Waals surface area contributed by atoms with Gasteiger partial charge in [-0.2, -0.15) is 0 Å². The fraction of sp³-hybridized carbons (Fsp3) is 0.667. The zero-order valence-electron chi connectivity index (χ0n) is 11.5. The highest BCUT2D eigenvalue weighted by atomic mass is 16.5. The van der Waals surface area contributed by atoms with Gasteiger partial charge in [0.1, 0.15) is 5.75 Å². The van der Waals surface area contributed by atoms with Gasteiger partial charge in [-0.25, -0.2) is 0 Å². The highest BCUT2D eigenvalue weighted by Gasteiger charge is 2.33. The lowest BCUT2D eigenvalue weighted by Gasteiger charge is -2.37. The maximum Gasteiger partial charge on any atom is 0.137 e. The molecule has 3 nitrogen and oxygen atoms in total. The van der Waals surface area contributed by atoms with E-state index in [-0.39, 0.29) is 5.54 Å². The molecule has 0 saturated heterocycles. The lowest BCUT2D eigenvalue weighted by atomic mass is 9.73. The fourth-order valence-electron chi connectivity index (χ4n) is 2.98. The standard InChI is InChI=1S/C15H24N2O/c1-3-4-12-5-7-15(16,8-6-12)13-9-14(18-2)11-17-10-13/h9-12H,3-8,16H2,1-2H3. The lowest BCUT2D eigenvalue weighted by Crippen LogP contribution is -2.40. The molecule has 2 rings (SSSR count). The van der Waals surface area contributed by atoms with Gasteiger partial charge in [-0.15, -0.1) is 0 Å². The topological polar surface area (TPSA) is 48.1 Å². The summed E-state index contributed by atoms with van der Waals surface area (Å²) in [7, 11) is 1.67. The summed E-state index contributed by atoms with van der Waals surface area (Å²) < 4.78 is 5.23. The van der Waals surface area contributed by atoms with Gasteiger partial charge < -0.3 is 10.5 Å². The first-order valence-corrected chi connectivity index (χ1v) is 6.96. The van der Waals surface area contributed by atoms with E-state index in [1.54, 1.807) is 13.3 Å². The number of aromatic nitrogens is 1. The Morgan fingerprint density at radius 3 is 2.72 bits per heavy atom. The number of ether oxygens (including phenoxy) is 1. The third-order valence-corrected chi connectivity index (χ3v) is 4.22. The van der Waals surface area contributed by atoms with Crippen molar-refractivity contribution in [3.8, 4) is 5.75 Å². The first-order chi connectivity index (χ1) is 8.68. The molecule has 0 aromatic carbocycles. The Bertz CT molecular complexity index is 384. The van der Waals surface area contributed by atoms with Crippen LogP contribution in [0.4, 0.5) is 0 Å². The average Bonchev–Trinajstić information content (AvgIpc) is 2.42.